The molecule has 0 aromatic heterocycles. The van der Waals surface area contributed by atoms with Crippen molar-refractivity contribution in [3.63, 3.8) is 0 Å². The van der Waals surface area contributed by atoms with Crippen LogP contribution in [0.5, 0.6) is 0 Å². The molecule has 0 spiro atoms. The number of morpholine rings is 1. The van der Waals surface area contributed by atoms with Gasteiger partial charge in [-0.3, -0.25) is 9.69 Å². The summed E-state index contributed by atoms with van der Waals surface area (Å²) in [5.74, 6) is 0.137. The molecule has 7 nitrogen and oxygen atoms in total. The molecule has 0 radical (unpaired) electrons. The highest BCUT2D eigenvalue weighted by molar-refractivity contribution is 5.78. The van der Waals surface area contributed by atoms with Crippen LogP contribution in [0.25, 0.3) is 0 Å². The van der Waals surface area contributed by atoms with Crippen LogP contribution in [-0.4, -0.2) is 84.7 Å². The number of hydrogen-bond donors (Lipinski definition) is 1. The van der Waals surface area contributed by atoms with E-state index in [1.807, 2.05) is 35.2 Å². The Morgan fingerprint density at radius 1 is 1.17 bits per heavy atom. The number of urea groups is 1. The number of benzene rings is 1. The molecule has 3 amide bonds. The molecular formula is C23H36N4O3. The molecule has 7 heteroatoms. The summed E-state index contributed by atoms with van der Waals surface area (Å²) in [5.41, 5.74) is 1.08. The number of carbonyl (C=O) groups is 2. The lowest BCUT2D eigenvalue weighted by Crippen LogP contribution is -2.51. The summed E-state index contributed by atoms with van der Waals surface area (Å²) in [5, 5.41) is 2.88. The van der Waals surface area contributed by atoms with Crippen LogP contribution < -0.4 is 5.32 Å². The Kier molecular flexibility index (Phi) is 8.10. The maximum absolute atomic E-state index is 12.8. The number of nitrogens with zero attached hydrogens (tertiary/aromatic N) is 3. The van der Waals surface area contributed by atoms with E-state index in [2.05, 4.69) is 24.1 Å². The second kappa shape index (κ2) is 10.8. The van der Waals surface area contributed by atoms with E-state index < -0.39 is 0 Å². The van der Waals surface area contributed by atoms with Crippen molar-refractivity contribution in [3.05, 3.63) is 35.9 Å². The number of ether oxygens (including phenoxy) is 1. The van der Waals surface area contributed by atoms with Crippen LogP contribution in [-0.2, 0) is 16.1 Å². The molecule has 2 fully saturated rings. The fourth-order valence-corrected chi connectivity index (χ4v) is 4.57. The maximum Gasteiger partial charge on any atom is 0.317 e. The van der Waals surface area contributed by atoms with Gasteiger partial charge in [0, 0.05) is 58.8 Å². The Balaban J connectivity index is 1.40. The monoisotopic (exact) mass is 416 g/mol. The van der Waals surface area contributed by atoms with Gasteiger partial charge in [-0.1, -0.05) is 30.3 Å². The first kappa shape index (κ1) is 22.6. The molecule has 1 N–H and O–H groups in total. The van der Waals surface area contributed by atoms with Gasteiger partial charge in [-0.05, 0) is 32.3 Å². The fourth-order valence-electron chi connectivity index (χ4n) is 4.57. The molecule has 2 saturated heterocycles. The summed E-state index contributed by atoms with van der Waals surface area (Å²) in [6, 6.07) is 10.00. The number of likely N-dealkylation sites (tertiary alicyclic amines) is 1. The van der Waals surface area contributed by atoms with Crippen LogP contribution in [0.2, 0.25) is 0 Å². The molecule has 3 rings (SSSR count). The molecule has 0 bridgehead atoms. The molecule has 0 saturated carbocycles. The normalized spacial score (nSPS) is 24.6. The largest absolute Gasteiger partial charge is 0.373 e. The highest BCUT2D eigenvalue weighted by atomic mass is 16.5. The molecule has 1 aromatic rings. The molecule has 2 heterocycles. The van der Waals surface area contributed by atoms with Gasteiger partial charge in [-0.2, -0.15) is 0 Å². The smallest absolute Gasteiger partial charge is 0.317 e. The van der Waals surface area contributed by atoms with Crippen LogP contribution in [0, 0.1) is 0 Å². The van der Waals surface area contributed by atoms with Crippen molar-refractivity contribution < 1.29 is 14.3 Å². The minimum atomic E-state index is -0.152. The number of rotatable bonds is 7. The van der Waals surface area contributed by atoms with Gasteiger partial charge in [0.15, 0.2) is 0 Å². The third-order valence-electron chi connectivity index (χ3n) is 5.89. The lowest BCUT2D eigenvalue weighted by molar-refractivity contribution is -0.132. The molecule has 2 aliphatic rings. The summed E-state index contributed by atoms with van der Waals surface area (Å²) in [4.78, 5) is 31.2. The number of amides is 3. The van der Waals surface area contributed by atoms with Crippen molar-refractivity contribution in [2.45, 2.75) is 57.9 Å². The van der Waals surface area contributed by atoms with Gasteiger partial charge in [-0.15, -0.1) is 0 Å². The standard InChI is InChI=1S/C23H36N4O3/c1-18-14-26(15-19(2)30-18)17-21-10-7-13-27(21)22(28)11-12-24-23(29)25(3)16-20-8-5-4-6-9-20/h4-6,8-9,18-19,21H,7,10-17H2,1-3H3,(H,24,29). The predicted molar refractivity (Wildman–Crippen MR) is 117 cm³/mol. The average Bonchev–Trinajstić information content (AvgIpc) is 3.16. The van der Waals surface area contributed by atoms with Crippen molar-refractivity contribution in [2.75, 3.05) is 39.8 Å². The lowest BCUT2D eigenvalue weighted by Gasteiger charge is -2.38. The Bertz CT molecular complexity index is 689. The summed E-state index contributed by atoms with van der Waals surface area (Å²) >= 11 is 0. The van der Waals surface area contributed by atoms with E-state index in [4.69, 9.17) is 4.74 Å². The van der Waals surface area contributed by atoms with Crippen molar-refractivity contribution >= 4 is 11.9 Å². The summed E-state index contributed by atoms with van der Waals surface area (Å²) in [7, 11) is 1.77. The van der Waals surface area contributed by atoms with Gasteiger partial charge in [0.05, 0.1) is 12.2 Å². The van der Waals surface area contributed by atoms with Gasteiger partial charge in [0.2, 0.25) is 5.91 Å². The molecule has 3 atom stereocenters. The van der Waals surface area contributed by atoms with Crippen molar-refractivity contribution in [1.82, 2.24) is 20.0 Å². The first-order valence-electron chi connectivity index (χ1n) is 11.1. The quantitative estimate of drug-likeness (QED) is 0.741. The highest BCUT2D eigenvalue weighted by Crippen LogP contribution is 2.21. The average molecular weight is 417 g/mol. The van der Waals surface area contributed by atoms with Gasteiger partial charge in [-0.25, -0.2) is 4.79 Å². The summed E-state index contributed by atoms with van der Waals surface area (Å²) < 4.78 is 5.82. The van der Waals surface area contributed by atoms with Crippen LogP contribution in [0.15, 0.2) is 30.3 Å². The minimum absolute atomic E-state index is 0.137. The van der Waals surface area contributed by atoms with E-state index in [-0.39, 0.29) is 30.2 Å². The number of hydrogen-bond acceptors (Lipinski definition) is 4. The van der Waals surface area contributed by atoms with Crippen molar-refractivity contribution in [3.8, 4) is 0 Å². The zero-order chi connectivity index (χ0) is 21.5. The first-order valence-corrected chi connectivity index (χ1v) is 11.1. The van der Waals surface area contributed by atoms with E-state index in [0.717, 1.165) is 44.6 Å². The van der Waals surface area contributed by atoms with E-state index in [1.165, 1.54) is 0 Å². The SMILES string of the molecule is CC1CN(CC2CCCN2C(=O)CCNC(=O)N(C)Cc2ccccc2)CC(C)O1. The number of nitrogens with one attached hydrogen (secondary N) is 1. The van der Waals surface area contributed by atoms with E-state index in [0.29, 0.717) is 19.5 Å². The first-order chi connectivity index (χ1) is 14.4. The minimum Gasteiger partial charge on any atom is -0.373 e. The molecule has 2 aliphatic heterocycles. The van der Waals surface area contributed by atoms with Crippen LogP contribution in [0.4, 0.5) is 4.79 Å². The highest BCUT2D eigenvalue weighted by Gasteiger charge is 2.32. The van der Waals surface area contributed by atoms with Gasteiger partial charge in [0.1, 0.15) is 0 Å². The molecule has 3 unspecified atom stereocenters. The summed E-state index contributed by atoms with van der Waals surface area (Å²) in [6.45, 7) is 8.71. The number of carbonyl (C=O) groups excluding carboxylic acids is 2. The van der Waals surface area contributed by atoms with Crippen LogP contribution >= 0.6 is 0 Å². The Morgan fingerprint density at radius 2 is 1.87 bits per heavy atom. The van der Waals surface area contributed by atoms with Gasteiger partial charge >= 0.3 is 6.03 Å². The predicted octanol–water partition coefficient (Wildman–Crippen LogP) is 2.32. The Labute approximate surface area is 180 Å². The summed E-state index contributed by atoms with van der Waals surface area (Å²) in [6.07, 6.45) is 2.93. The van der Waals surface area contributed by atoms with E-state index in [9.17, 15) is 9.59 Å². The van der Waals surface area contributed by atoms with Crippen molar-refractivity contribution in [2.24, 2.45) is 0 Å². The second-order valence-corrected chi connectivity index (χ2v) is 8.68. The zero-order valence-corrected chi connectivity index (χ0v) is 18.5. The van der Waals surface area contributed by atoms with Gasteiger partial charge < -0.3 is 19.9 Å². The zero-order valence-electron chi connectivity index (χ0n) is 18.5. The van der Waals surface area contributed by atoms with Crippen LogP contribution in [0.1, 0.15) is 38.7 Å². The second-order valence-electron chi connectivity index (χ2n) is 8.68. The fraction of sp³-hybridized carbons (Fsp3) is 0.652. The Morgan fingerprint density at radius 3 is 2.57 bits per heavy atom. The third kappa shape index (κ3) is 6.44. The van der Waals surface area contributed by atoms with E-state index in [1.54, 1.807) is 11.9 Å². The van der Waals surface area contributed by atoms with Gasteiger partial charge in [0.25, 0.3) is 0 Å². The molecular weight excluding hydrogens is 380 g/mol. The van der Waals surface area contributed by atoms with E-state index >= 15 is 0 Å². The Hall–Kier alpha value is -2.12. The van der Waals surface area contributed by atoms with Crippen LogP contribution in [0.3, 0.4) is 0 Å². The molecule has 0 aliphatic carbocycles. The van der Waals surface area contributed by atoms with Crippen molar-refractivity contribution in [1.29, 1.82) is 0 Å². The molecule has 30 heavy (non-hydrogen) atoms. The molecule has 1 aromatic carbocycles. The maximum atomic E-state index is 12.8. The lowest BCUT2D eigenvalue weighted by atomic mass is 10.1. The topological polar surface area (TPSA) is 65.1 Å². The molecule has 166 valence electrons. The third-order valence-corrected chi connectivity index (χ3v) is 5.89.